The lowest BCUT2D eigenvalue weighted by Gasteiger charge is -2.20. The van der Waals surface area contributed by atoms with Crippen LogP contribution in [0.15, 0.2) is 30.9 Å². The Kier molecular flexibility index (Phi) is 6.66. The van der Waals surface area contributed by atoms with Crippen molar-refractivity contribution in [1.29, 1.82) is 0 Å². The Morgan fingerprint density at radius 1 is 1.28 bits per heavy atom. The second-order valence-electron chi connectivity index (χ2n) is 9.44. The average Bonchev–Trinajstić information content (AvgIpc) is 3.49. The van der Waals surface area contributed by atoms with Gasteiger partial charge in [-0.15, -0.1) is 0 Å². The summed E-state index contributed by atoms with van der Waals surface area (Å²) >= 11 is 0. The van der Waals surface area contributed by atoms with E-state index in [-0.39, 0.29) is 0 Å². The molecule has 6 nitrogen and oxygen atoms in total. The summed E-state index contributed by atoms with van der Waals surface area (Å²) in [5.74, 6) is 6.12. The Balaban J connectivity index is 1.45. The van der Waals surface area contributed by atoms with E-state index < -0.39 is 5.60 Å². The molecular weight excluding hydrogens is 420 g/mol. The molecule has 4 rings (SSSR count). The van der Waals surface area contributed by atoms with Crippen LogP contribution in [-0.4, -0.2) is 54.3 Å². The number of aromatic nitrogens is 4. The molecule has 3 aromatic rings. The molecule has 0 saturated heterocycles. The van der Waals surface area contributed by atoms with Gasteiger partial charge in [-0.3, -0.25) is 0 Å². The number of aliphatic hydroxyl groups is 1. The lowest BCUT2D eigenvalue weighted by atomic mass is 10.0. The maximum Gasteiger partial charge on any atom is 0.139 e. The van der Waals surface area contributed by atoms with E-state index in [1.807, 2.05) is 29.3 Å². The highest BCUT2D eigenvalue weighted by atomic mass is 32.2. The minimum atomic E-state index is -0.858. The summed E-state index contributed by atoms with van der Waals surface area (Å²) in [7, 11) is 0.355. The van der Waals surface area contributed by atoms with E-state index in [0.717, 1.165) is 60.7 Å². The Bertz CT molecular complexity index is 1130. The molecule has 1 saturated carbocycles. The van der Waals surface area contributed by atoms with Gasteiger partial charge in [0.1, 0.15) is 22.8 Å². The van der Waals surface area contributed by atoms with Crippen LogP contribution in [0, 0.1) is 11.8 Å². The molecule has 0 spiro atoms. The zero-order valence-corrected chi connectivity index (χ0v) is 20.3. The zero-order chi connectivity index (χ0) is 22.8. The second kappa shape index (κ2) is 9.30. The Morgan fingerprint density at radius 3 is 2.81 bits per heavy atom. The van der Waals surface area contributed by atoms with Gasteiger partial charge in [-0.25, -0.2) is 9.67 Å². The van der Waals surface area contributed by atoms with Crippen LogP contribution in [0.5, 0.6) is 0 Å². The first kappa shape index (κ1) is 22.9. The van der Waals surface area contributed by atoms with Crippen LogP contribution >= 0.6 is 0 Å². The molecule has 1 aliphatic carbocycles. The third-order valence-electron chi connectivity index (χ3n) is 6.54. The average molecular weight is 454 g/mol. The van der Waals surface area contributed by atoms with Crippen LogP contribution in [0.3, 0.4) is 0 Å². The van der Waals surface area contributed by atoms with Gasteiger partial charge in [0.2, 0.25) is 0 Å². The molecule has 0 radical (unpaired) electrons. The first-order valence-electron chi connectivity index (χ1n) is 11.2. The summed E-state index contributed by atoms with van der Waals surface area (Å²) in [6, 6.07) is 1.98. The molecule has 7 heteroatoms. The lowest BCUT2D eigenvalue weighted by Crippen LogP contribution is -2.31. The van der Waals surface area contributed by atoms with Gasteiger partial charge in [-0.05, 0) is 62.4 Å². The van der Waals surface area contributed by atoms with Gasteiger partial charge in [0.05, 0.1) is 37.0 Å². The summed E-state index contributed by atoms with van der Waals surface area (Å²) in [6.07, 6.45) is 16.8. The van der Waals surface area contributed by atoms with Crippen LogP contribution in [0.2, 0.25) is 0 Å². The smallest absolute Gasteiger partial charge is 0.139 e. The van der Waals surface area contributed by atoms with Crippen molar-refractivity contribution in [1.82, 2.24) is 19.7 Å². The highest BCUT2D eigenvalue weighted by Crippen LogP contribution is 2.30. The molecule has 0 unspecified atom stereocenters. The maximum absolute atomic E-state index is 10.5. The van der Waals surface area contributed by atoms with E-state index in [9.17, 15) is 5.11 Å². The van der Waals surface area contributed by atoms with Crippen LogP contribution in [0.4, 0.5) is 0 Å². The fourth-order valence-corrected chi connectivity index (χ4v) is 4.34. The van der Waals surface area contributed by atoms with Crippen molar-refractivity contribution in [2.45, 2.75) is 63.0 Å². The van der Waals surface area contributed by atoms with Gasteiger partial charge < -0.3 is 14.8 Å². The van der Waals surface area contributed by atoms with E-state index in [1.54, 1.807) is 6.20 Å². The van der Waals surface area contributed by atoms with Gasteiger partial charge in [0.25, 0.3) is 0 Å². The predicted octanol–water partition coefficient (Wildman–Crippen LogP) is 4.10. The summed E-state index contributed by atoms with van der Waals surface area (Å²) in [5.41, 5.74) is 2.83. The van der Waals surface area contributed by atoms with Crippen molar-refractivity contribution < 1.29 is 9.84 Å². The van der Waals surface area contributed by atoms with Gasteiger partial charge in [0.15, 0.2) is 0 Å². The lowest BCUT2D eigenvalue weighted by molar-refractivity contribution is 0.0636. The number of hydrogen-bond donors (Lipinski definition) is 2. The fourth-order valence-electron chi connectivity index (χ4n) is 3.85. The molecule has 1 fully saturated rings. The molecule has 0 bridgehead atoms. The van der Waals surface area contributed by atoms with E-state index in [0.29, 0.717) is 28.1 Å². The molecule has 2 N–H and O–H groups in total. The second-order valence-corrected chi connectivity index (χ2v) is 12.2. The van der Waals surface area contributed by atoms with Crippen molar-refractivity contribution in [3.8, 4) is 23.0 Å². The monoisotopic (exact) mass is 453 g/mol. The molecule has 170 valence electrons. The van der Waals surface area contributed by atoms with Gasteiger partial charge >= 0.3 is 0 Å². The molecule has 0 aromatic carbocycles. The van der Waals surface area contributed by atoms with Crippen LogP contribution in [0.1, 0.15) is 51.6 Å². The number of nitrogens with one attached hydrogen (secondary N) is 1. The van der Waals surface area contributed by atoms with Gasteiger partial charge in [-0.1, -0.05) is 5.92 Å². The zero-order valence-electron chi connectivity index (χ0n) is 19.4. The van der Waals surface area contributed by atoms with Crippen molar-refractivity contribution in [2.24, 2.45) is 0 Å². The van der Waals surface area contributed by atoms with Gasteiger partial charge in [-0.2, -0.15) is 5.10 Å². The predicted molar refractivity (Wildman–Crippen MR) is 131 cm³/mol. The molecule has 0 atom stereocenters. The normalized spacial score (nSPS) is 15.9. The highest BCUT2D eigenvalue weighted by Gasteiger charge is 2.30. The van der Waals surface area contributed by atoms with Crippen LogP contribution in [0.25, 0.3) is 22.0 Å². The number of H-pyrrole nitrogens is 1. The Hall–Kier alpha value is -2.27. The van der Waals surface area contributed by atoms with Gasteiger partial charge in [0, 0.05) is 35.3 Å². The highest BCUT2D eigenvalue weighted by molar-refractivity contribution is 7.96. The molecular formula is C25H33N4O2S+. The molecule has 32 heavy (non-hydrogen) atoms. The minimum absolute atomic E-state index is 0.293. The Morgan fingerprint density at radius 2 is 2.06 bits per heavy atom. The summed E-state index contributed by atoms with van der Waals surface area (Å²) < 4.78 is 8.00. The molecule has 0 aliphatic heterocycles. The van der Waals surface area contributed by atoms with Crippen LogP contribution < -0.4 is 0 Å². The SMILES string of the molecule is C[S+](C)C(C)(C)CCOCn1cc(-c2c[nH]c3cnc(C#CC4(O)CCCC4)cc23)cn1. The topological polar surface area (TPSA) is 76.0 Å². The van der Waals surface area contributed by atoms with E-state index in [2.05, 4.69) is 53.3 Å². The quantitative estimate of drug-likeness (QED) is 0.321. The number of fused-ring (bicyclic) bond motifs is 1. The molecule has 3 heterocycles. The third kappa shape index (κ3) is 5.20. The number of pyridine rings is 1. The maximum atomic E-state index is 10.5. The van der Waals surface area contributed by atoms with Crippen molar-refractivity contribution in [3.05, 3.63) is 36.5 Å². The van der Waals surface area contributed by atoms with Crippen molar-refractivity contribution >= 4 is 21.8 Å². The molecule has 3 aromatic heterocycles. The third-order valence-corrected chi connectivity index (χ3v) is 8.96. The summed E-state index contributed by atoms with van der Waals surface area (Å²) in [4.78, 5) is 7.72. The molecule has 0 amide bonds. The minimum Gasteiger partial charge on any atom is -0.378 e. The standard InChI is InChI=1S/C25H33N4O2S/c1-24(2,32(3)4)11-12-31-18-29-17-19(14-28-29)22-15-27-23-16-26-20(13-21(22)23)7-10-25(30)8-5-6-9-25/h13-17,27,30H,5-6,8-9,11-12,18H2,1-4H3/q+1. The van der Waals surface area contributed by atoms with Crippen molar-refractivity contribution in [3.63, 3.8) is 0 Å². The molecule has 1 aliphatic rings. The number of nitrogens with zero attached hydrogens (tertiary/aromatic N) is 3. The first-order valence-corrected chi connectivity index (χ1v) is 13.2. The first-order chi connectivity index (χ1) is 15.3. The van der Waals surface area contributed by atoms with Crippen molar-refractivity contribution in [2.75, 3.05) is 19.1 Å². The van der Waals surface area contributed by atoms with Crippen LogP contribution in [-0.2, 0) is 22.4 Å². The number of rotatable bonds is 7. The number of hydrogen-bond acceptors (Lipinski definition) is 4. The van der Waals surface area contributed by atoms with E-state index in [4.69, 9.17) is 4.74 Å². The number of ether oxygens (including phenoxy) is 1. The number of aromatic amines is 1. The summed E-state index contributed by atoms with van der Waals surface area (Å²) in [5, 5.41) is 16.0. The van der Waals surface area contributed by atoms with E-state index >= 15 is 0 Å². The fraction of sp³-hybridized carbons (Fsp3) is 0.520. The van der Waals surface area contributed by atoms with E-state index in [1.165, 1.54) is 0 Å². The Labute approximate surface area is 193 Å². The largest absolute Gasteiger partial charge is 0.378 e. The summed E-state index contributed by atoms with van der Waals surface area (Å²) in [6.45, 7) is 5.76.